The first-order valence-corrected chi connectivity index (χ1v) is 5.58. The molecule has 4 nitrogen and oxygen atoms in total. The normalized spacial score (nSPS) is 13.0. The number of carbonyl (C=O) groups excluding carboxylic acids is 1. The van der Waals surface area contributed by atoms with Gasteiger partial charge in [-0.25, -0.2) is 0 Å². The summed E-state index contributed by atoms with van der Waals surface area (Å²) < 4.78 is 37.9. The molecule has 0 spiro atoms. The average molecular weight is 275 g/mol. The Morgan fingerprint density at radius 1 is 1.37 bits per heavy atom. The van der Waals surface area contributed by atoms with Crippen LogP contribution in [0.4, 0.5) is 24.5 Å². The Labute approximate surface area is 109 Å². The molecule has 0 fully saturated rings. The second kappa shape index (κ2) is 5.48. The number of hydrogen-bond donors (Lipinski definition) is 2. The van der Waals surface area contributed by atoms with E-state index in [0.29, 0.717) is 5.69 Å². The van der Waals surface area contributed by atoms with Gasteiger partial charge in [0.25, 0.3) is 0 Å². The maximum Gasteiger partial charge on any atom is 0.416 e. The van der Waals surface area contributed by atoms with Crippen LogP contribution >= 0.6 is 0 Å². The Morgan fingerprint density at radius 2 is 1.95 bits per heavy atom. The molecule has 0 heterocycles. The van der Waals surface area contributed by atoms with Crippen molar-refractivity contribution in [3.05, 3.63) is 23.8 Å². The predicted octanol–water partition coefficient (Wildman–Crippen LogP) is 2.06. The van der Waals surface area contributed by atoms with E-state index in [9.17, 15) is 18.0 Å². The third-order valence-electron chi connectivity index (χ3n) is 2.48. The lowest BCUT2D eigenvalue weighted by Crippen LogP contribution is -2.33. The molecule has 0 aromatic heterocycles. The van der Waals surface area contributed by atoms with Gasteiger partial charge >= 0.3 is 6.18 Å². The lowest BCUT2D eigenvalue weighted by Gasteiger charge is -2.20. The van der Waals surface area contributed by atoms with E-state index in [-0.39, 0.29) is 5.69 Å². The number of carbonyl (C=O) groups is 1. The smallest absolute Gasteiger partial charge is 0.376 e. The molecular formula is C12H16F3N3O. The van der Waals surface area contributed by atoms with Crippen LogP contribution in [0.3, 0.4) is 0 Å². The van der Waals surface area contributed by atoms with Crippen molar-refractivity contribution in [2.75, 3.05) is 24.3 Å². The van der Waals surface area contributed by atoms with Crippen molar-refractivity contribution in [2.24, 2.45) is 5.73 Å². The number of rotatable bonds is 3. The van der Waals surface area contributed by atoms with Gasteiger partial charge in [-0.15, -0.1) is 0 Å². The molecule has 1 amide bonds. The lowest BCUT2D eigenvalue weighted by atomic mass is 10.1. The maximum absolute atomic E-state index is 12.6. The third-order valence-corrected chi connectivity index (χ3v) is 2.48. The molecule has 106 valence electrons. The molecular weight excluding hydrogens is 259 g/mol. The van der Waals surface area contributed by atoms with E-state index in [0.717, 1.165) is 12.1 Å². The van der Waals surface area contributed by atoms with Crippen molar-refractivity contribution >= 4 is 17.3 Å². The summed E-state index contributed by atoms with van der Waals surface area (Å²) in [6.07, 6.45) is -4.46. The highest BCUT2D eigenvalue weighted by Crippen LogP contribution is 2.34. The first-order chi connectivity index (χ1) is 8.62. The molecule has 0 saturated carbocycles. The maximum atomic E-state index is 12.6. The summed E-state index contributed by atoms with van der Waals surface area (Å²) in [5.41, 5.74) is 5.12. The van der Waals surface area contributed by atoms with Crippen molar-refractivity contribution in [3.8, 4) is 0 Å². The van der Waals surface area contributed by atoms with Crippen molar-refractivity contribution in [3.63, 3.8) is 0 Å². The van der Waals surface area contributed by atoms with Crippen LogP contribution in [-0.2, 0) is 11.0 Å². The van der Waals surface area contributed by atoms with Gasteiger partial charge < -0.3 is 16.0 Å². The fourth-order valence-corrected chi connectivity index (χ4v) is 1.45. The number of nitrogens with zero attached hydrogens (tertiary/aromatic N) is 1. The Balaban J connectivity index is 3.20. The summed E-state index contributed by atoms with van der Waals surface area (Å²) in [5.74, 6) is -0.539. The summed E-state index contributed by atoms with van der Waals surface area (Å²) in [6.45, 7) is 1.46. The van der Waals surface area contributed by atoms with E-state index in [1.54, 1.807) is 19.0 Å². The topological polar surface area (TPSA) is 58.4 Å². The largest absolute Gasteiger partial charge is 0.416 e. The Hall–Kier alpha value is -1.76. The number of benzene rings is 1. The van der Waals surface area contributed by atoms with Gasteiger partial charge in [-0.2, -0.15) is 13.2 Å². The van der Waals surface area contributed by atoms with Gasteiger partial charge in [0.1, 0.15) is 0 Å². The minimum Gasteiger partial charge on any atom is -0.376 e. The highest BCUT2D eigenvalue weighted by molar-refractivity contribution is 5.97. The van der Waals surface area contributed by atoms with Crippen molar-refractivity contribution in [1.29, 1.82) is 0 Å². The summed E-state index contributed by atoms with van der Waals surface area (Å²) in [6, 6.07) is 2.37. The third kappa shape index (κ3) is 3.85. The zero-order valence-corrected chi connectivity index (χ0v) is 10.9. The number of amides is 1. The fraction of sp³-hybridized carbons (Fsp3) is 0.417. The summed E-state index contributed by atoms with van der Waals surface area (Å²) in [5, 5.41) is 2.40. The van der Waals surface area contributed by atoms with E-state index in [1.807, 2.05) is 0 Å². The molecule has 3 N–H and O–H groups in total. The summed E-state index contributed by atoms with van der Waals surface area (Å²) in [4.78, 5) is 13.1. The Kier molecular flexibility index (Phi) is 4.41. The molecule has 1 aromatic carbocycles. The number of anilines is 2. The van der Waals surface area contributed by atoms with Gasteiger partial charge in [0, 0.05) is 14.1 Å². The second-order valence-corrected chi connectivity index (χ2v) is 4.40. The van der Waals surface area contributed by atoms with E-state index in [1.165, 1.54) is 13.0 Å². The minimum absolute atomic E-state index is 0.0853. The molecule has 0 aliphatic heterocycles. The van der Waals surface area contributed by atoms with Gasteiger partial charge in [0.05, 0.1) is 23.0 Å². The lowest BCUT2D eigenvalue weighted by molar-refractivity contribution is -0.137. The highest BCUT2D eigenvalue weighted by Gasteiger charge is 2.31. The molecule has 0 bridgehead atoms. The van der Waals surface area contributed by atoms with E-state index in [4.69, 9.17) is 5.73 Å². The molecule has 1 atom stereocenters. The monoisotopic (exact) mass is 275 g/mol. The van der Waals surface area contributed by atoms with E-state index >= 15 is 0 Å². The molecule has 0 aliphatic carbocycles. The predicted molar refractivity (Wildman–Crippen MR) is 68.1 cm³/mol. The van der Waals surface area contributed by atoms with Crippen LogP contribution in [0.25, 0.3) is 0 Å². The zero-order chi connectivity index (χ0) is 14.8. The minimum atomic E-state index is -4.46. The zero-order valence-electron chi connectivity index (χ0n) is 10.9. The van der Waals surface area contributed by atoms with Gasteiger partial charge in [-0.05, 0) is 25.1 Å². The molecule has 0 aliphatic rings. The fourth-order valence-electron chi connectivity index (χ4n) is 1.45. The summed E-state index contributed by atoms with van der Waals surface area (Å²) in [7, 11) is 3.34. The van der Waals surface area contributed by atoms with E-state index in [2.05, 4.69) is 5.32 Å². The summed E-state index contributed by atoms with van der Waals surface area (Å²) >= 11 is 0. The standard InChI is InChI=1S/C12H16F3N3O/c1-7(16)11(19)17-9-6-8(12(13,14)15)4-5-10(9)18(2)3/h4-7H,16H2,1-3H3,(H,17,19). The SMILES string of the molecule is CC(N)C(=O)Nc1cc(C(F)(F)F)ccc1N(C)C. The van der Waals surface area contributed by atoms with Gasteiger partial charge in [0.2, 0.25) is 5.91 Å². The van der Waals surface area contributed by atoms with Gasteiger partial charge in [-0.1, -0.05) is 0 Å². The van der Waals surface area contributed by atoms with Crippen LogP contribution in [0, 0.1) is 0 Å². The number of hydrogen-bond acceptors (Lipinski definition) is 3. The molecule has 7 heteroatoms. The number of alkyl halides is 3. The van der Waals surface area contributed by atoms with Crippen LogP contribution < -0.4 is 16.0 Å². The van der Waals surface area contributed by atoms with Crippen LogP contribution in [-0.4, -0.2) is 26.0 Å². The molecule has 19 heavy (non-hydrogen) atoms. The molecule has 1 rings (SSSR count). The Morgan fingerprint density at radius 3 is 2.37 bits per heavy atom. The quantitative estimate of drug-likeness (QED) is 0.887. The van der Waals surface area contributed by atoms with E-state index < -0.39 is 23.7 Å². The van der Waals surface area contributed by atoms with Crippen LogP contribution in [0.15, 0.2) is 18.2 Å². The molecule has 0 radical (unpaired) electrons. The first-order valence-electron chi connectivity index (χ1n) is 5.58. The molecule has 0 saturated heterocycles. The van der Waals surface area contributed by atoms with Crippen LogP contribution in [0.2, 0.25) is 0 Å². The number of nitrogens with two attached hydrogens (primary N) is 1. The molecule has 1 unspecified atom stereocenters. The average Bonchev–Trinajstić information content (AvgIpc) is 2.27. The first kappa shape index (κ1) is 15.3. The van der Waals surface area contributed by atoms with Gasteiger partial charge in [0.15, 0.2) is 0 Å². The van der Waals surface area contributed by atoms with Crippen molar-refractivity contribution in [1.82, 2.24) is 0 Å². The highest BCUT2D eigenvalue weighted by atomic mass is 19.4. The van der Waals surface area contributed by atoms with Crippen molar-refractivity contribution in [2.45, 2.75) is 19.1 Å². The van der Waals surface area contributed by atoms with Crippen LogP contribution in [0.5, 0.6) is 0 Å². The van der Waals surface area contributed by atoms with Gasteiger partial charge in [-0.3, -0.25) is 4.79 Å². The second-order valence-electron chi connectivity index (χ2n) is 4.40. The molecule has 1 aromatic rings. The van der Waals surface area contributed by atoms with Crippen molar-refractivity contribution < 1.29 is 18.0 Å². The number of halogens is 3. The van der Waals surface area contributed by atoms with Crippen LogP contribution in [0.1, 0.15) is 12.5 Å². The number of nitrogens with one attached hydrogen (secondary N) is 1. The Bertz CT molecular complexity index is 470.